The third kappa shape index (κ3) is 4.19. The van der Waals surface area contributed by atoms with Gasteiger partial charge in [-0.05, 0) is 50.8 Å². The molecule has 3 rings (SSSR count). The van der Waals surface area contributed by atoms with E-state index in [1.165, 1.54) is 22.8 Å². The van der Waals surface area contributed by atoms with Crippen LogP contribution < -0.4 is 4.90 Å². The summed E-state index contributed by atoms with van der Waals surface area (Å²) in [5.74, 6) is -0.125. The van der Waals surface area contributed by atoms with Gasteiger partial charge in [0.25, 0.3) is 0 Å². The Bertz CT molecular complexity index is 845. The van der Waals surface area contributed by atoms with E-state index < -0.39 is 13.2 Å². The van der Waals surface area contributed by atoms with Crippen LogP contribution in [0.1, 0.15) is 37.5 Å². The maximum absolute atomic E-state index is 10.8. The Hall–Kier alpha value is -2.25. The van der Waals surface area contributed by atoms with Crippen LogP contribution in [0.25, 0.3) is 0 Å². The summed E-state index contributed by atoms with van der Waals surface area (Å²) in [5, 5.41) is 11.0. The summed E-state index contributed by atoms with van der Waals surface area (Å²) >= 11 is 0. The van der Waals surface area contributed by atoms with Crippen molar-refractivity contribution in [2.45, 2.75) is 58.6 Å². The number of hydrogen-bond acceptors (Lipinski definition) is 5. The summed E-state index contributed by atoms with van der Waals surface area (Å²) in [6.07, 6.45) is 1.57. The van der Waals surface area contributed by atoms with Gasteiger partial charge in [-0.25, -0.2) is 0 Å². The summed E-state index contributed by atoms with van der Waals surface area (Å²) < 4.78 is 6.34. The highest BCUT2D eigenvalue weighted by molar-refractivity contribution is 6.74. The van der Waals surface area contributed by atoms with Crippen molar-refractivity contribution in [3.63, 3.8) is 0 Å². The molecule has 1 aromatic carbocycles. The molecule has 0 fully saturated rings. The molecule has 0 N–H and O–H groups in total. The first kappa shape index (κ1) is 19.5. The Morgan fingerprint density at radius 3 is 2.48 bits per heavy atom. The number of benzene rings is 1. The van der Waals surface area contributed by atoms with E-state index in [2.05, 4.69) is 61.9 Å². The minimum absolute atomic E-state index is 0.125. The average Bonchev–Trinajstić information content (AvgIpc) is 3.02. The summed E-state index contributed by atoms with van der Waals surface area (Å²) in [4.78, 5) is 16.4. The zero-order valence-electron chi connectivity index (χ0n) is 16.7. The van der Waals surface area contributed by atoms with Gasteiger partial charge in [-0.3, -0.25) is 0 Å². The van der Waals surface area contributed by atoms with Crippen molar-refractivity contribution in [1.29, 1.82) is 0 Å². The molecular weight excluding hydrogens is 358 g/mol. The number of aromatic nitrogens is 1. The second kappa shape index (κ2) is 7.05. The third-order valence-electron chi connectivity index (χ3n) is 5.68. The lowest BCUT2D eigenvalue weighted by Crippen LogP contribution is -2.40. The van der Waals surface area contributed by atoms with Crippen LogP contribution in [0, 0.1) is 10.1 Å². The molecule has 0 aliphatic carbocycles. The molecule has 1 aliphatic heterocycles. The highest BCUT2D eigenvalue weighted by atomic mass is 28.4. The Kier molecular flexibility index (Phi) is 5.09. The van der Waals surface area contributed by atoms with Crippen LogP contribution >= 0.6 is 0 Å². The van der Waals surface area contributed by atoms with Crippen LogP contribution in [0.4, 0.5) is 11.5 Å². The van der Waals surface area contributed by atoms with Crippen molar-refractivity contribution in [2.24, 2.45) is 0 Å². The lowest BCUT2D eigenvalue weighted by Gasteiger charge is -2.36. The van der Waals surface area contributed by atoms with Gasteiger partial charge in [-0.15, -0.1) is 0 Å². The molecule has 0 bridgehead atoms. The summed E-state index contributed by atoms with van der Waals surface area (Å²) in [7, 11) is -1.77. The first-order valence-corrected chi connectivity index (χ1v) is 12.1. The smallest absolute Gasteiger partial charge is 0.363 e. The molecule has 0 amide bonds. The molecule has 0 spiro atoms. The van der Waals surface area contributed by atoms with Gasteiger partial charge < -0.3 is 19.4 Å². The van der Waals surface area contributed by atoms with Crippen LogP contribution in [-0.4, -0.2) is 18.2 Å². The van der Waals surface area contributed by atoms with E-state index in [0.717, 1.165) is 18.8 Å². The first-order valence-electron chi connectivity index (χ1n) is 9.17. The van der Waals surface area contributed by atoms with Crippen LogP contribution in [-0.2, 0) is 24.1 Å². The topological polar surface area (TPSA) is 68.5 Å². The molecule has 1 aromatic heterocycles. The van der Waals surface area contributed by atoms with Gasteiger partial charge in [0.2, 0.25) is 0 Å². The molecule has 0 saturated carbocycles. The summed E-state index contributed by atoms with van der Waals surface area (Å²) in [6, 6.07) is 9.75. The fourth-order valence-electron chi connectivity index (χ4n) is 2.87. The first-order chi connectivity index (χ1) is 12.6. The number of fused-ring (bicyclic) bond motifs is 1. The minimum Gasteiger partial charge on any atom is -0.413 e. The van der Waals surface area contributed by atoms with Gasteiger partial charge in [0.1, 0.15) is 0 Å². The molecule has 7 heteroatoms. The Morgan fingerprint density at radius 2 is 1.89 bits per heavy atom. The number of nitro groups is 1. The summed E-state index contributed by atoms with van der Waals surface area (Å²) in [5.41, 5.74) is 4.66. The number of rotatable bonds is 5. The molecular formula is C20H27N3O3Si. The van der Waals surface area contributed by atoms with Crippen LogP contribution in [0.5, 0.6) is 0 Å². The van der Waals surface area contributed by atoms with Gasteiger partial charge in [-0.2, -0.15) is 0 Å². The second-order valence-corrected chi connectivity index (χ2v) is 13.4. The molecule has 2 heterocycles. The fraction of sp³-hybridized carbons (Fsp3) is 0.450. The molecule has 27 heavy (non-hydrogen) atoms. The van der Waals surface area contributed by atoms with Crippen molar-refractivity contribution in [1.82, 2.24) is 4.98 Å². The van der Waals surface area contributed by atoms with Crippen molar-refractivity contribution >= 4 is 19.8 Å². The Balaban J connectivity index is 1.69. The molecule has 2 aromatic rings. The number of pyridine rings is 1. The van der Waals surface area contributed by atoms with Gasteiger partial charge in [0.05, 0.1) is 12.3 Å². The minimum atomic E-state index is -1.77. The lowest BCUT2D eigenvalue weighted by molar-refractivity contribution is -0.389. The molecule has 144 valence electrons. The highest BCUT2D eigenvalue weighted by Crippen LogP contribution is 2.37. The van der Waals surface area contributed by atoms with E-state index in [4.69, 9.17) is 4.43 Å². The molecule has 6 nitrogen and oxygen atoms in total. The van der Waals surface area contributed by atoms with Crippen LogP contribution in [0.3, 0.4) is 0 Å². The summed E-state index contributed by atoms with van der Waals surface area (Å²) in [6.45, 7) is 13.5. The average molecular weight is 386 g/mol. The van der Waals surface area contributed by atoms with E-state index in [9.17, 15) is 10.1 Å². The second-order valence-electron chi connectivity index (χ2n) is 8.64. The quantitative estimate of drug-likeness (QED) is 0.410. The maximum Gasteiger partial charge on any atom is 0.363 e. The fourth-order valence-corrected chi connectivity index (χ4v) is 3.83. The van der Waals surface area contributed by atoms with Gasteiger partial charge >= 0.3 is 5.82 Å². The van der Waals surface area contributed by atoms with Crippen LogP contribution in [0.15, 0.2) is 36.5 Å². The third-order valence-corrected chi connectivity index (χ3v) is 10.2. The van der Waals surface area contributed by atoms with Gasteiger partial charge in [0.15, 0.2) is 14.5 Å². The van der Waals surface area contributed by atoms with Crippen LogP contribution in [0.2, 0.25) is 18.1 Å². The van der Waals surface area contributed by atoms with E-state index in [1.54, 1.807) is 12.3 Å². The molecule has 1 aliphatic rings. The predicted octanol–water partition coefficient (Wildman–Crippen LogP) is 5.03. The van der Waals surface area contributed by atoms with Crippen molar-refractivity contribution in [2.75, 3.05) is 4.90 Å². The number of anilines is 1. The van der Waals surface area contributed by atoms with Gasteiger partial charge in [-0.1, -0.05) is 39.0 Å². The SMILES string of the molecule is CC(C)(C)[Si](C)(C)OCc1ccc2c(c1)CN(c1ccc([N+](=O)[O-])nc1)C2. The standard InChI is InChI=1S/C20H27N3O3Si/c1-20(2,3)27(4,5)26-14-15-6-7-16-12-22(13-17(16)10-15)18-8-9-19(21-11-18)23(24)25/h6-11H,12-14H2,1-5H3. The van der Waals surface area contributed by atoms with Crippen molar-refractivity contribution in [3.8, 4) is 0 Å². The predicted molar refractivity (Wildman–Crippen MR) is 109 cm³/mol. The van der Waals surface area contributed by atoms with E-state index in [0.29, 0.717) is 6.61 Å². The maximum atomic E-state index is 10.8. The zero-order valence-corrected chi connectivity index (χ0v) is 17.7. The lowest BCUT2D eigenvalue weighted by atomic mass is 10.1. The number of hydrogen-bond donors (Lipinski definition) is 0. The van der Waals surface area contributed by atoms with E-state index in [1.807, 2.05) is 0 Å². The molecule has 0 unspecified atom stereocenters. The molecule has 0 saturated heterocycles. The van der Waals surface area contributed by atoms with Crippen molar-refractivity contribution in [3.05, 3.63) is 63.3 Å². The van der Waals surface area contributed by atoms with Gasteiger partial charge in [0, 0.05) is 19.2 Å². The Labute approximate surface area is 161 Å². The Morgan fingerprint density at radius 1 is 1.19 bits per heavy atom. The number of nitrogens with zero attached hydrogens (tertiary/aromatic N) is 3. The normalized spacial score (nSPS) is 14.3. The molecule has 0 radical (unpaired) electrons. The highest BCUT2D eigenvalue weighted by Gasteiger charge is 2.37. The van der Waals surface area contributed by atoms with E-state index in [-0.39, 0.29) is 10.9 Å². The zero-order chi connectivity index (χ0) is 19.8. The van der Waals surface area contributed by atoms with Crippen molar-refractivity contribution < 1.29 is 9.35 Å². The molecule has 0 atom stereocenters. The largest absolute Gasteiger partial charge is 0.413 e. The monoisotopic (exact) mass is 385 g/mol. The van der Waals surface area contributed by atoms with E-state index >= 15 is 0 Å².